The fourth-order valence-electron chi connectivity index (χ4n) is 3.69. The number of fused-ring (bicyclic) bond motifs is 1. The summed E-state index contributed by atoms with van der Waals surface area (Å²) in [5.41, 5.74) is 6.36. The van der Waals surface area contributed by atoms with Gasteiger partial charge in [0.1, 0.15) is 0 Å². The largest absolute Gasteiger partial charge is 0.481 e. The Morgan fingerprint density at radius 1 is 0.909 bits per heavy atom. The lowest BCUT2D eigenvalue weighted by atomic mass is 9.99. The maximum atomic E-state index is 12.1. The van der Waals surface area contributed by atoms with E-state index in [0.29, 0.717) is 17.7 Å². The minimum Gasteiger partial charge on any atom is -0.481 e. The van der Waals surface area contributed by atoms with Crippen LogP contribution in [0.5, 0.6) is 0 Å². The number of aromatic nitrogens is 1. The predicted molar refractivity (Wildman–Crippen MR) is 133 cm³/mol. The molecular weight excluding hydrogens is 412 g/mol. The second kappa shape index (κ2) is 10.6. The standard InChI is InChI=1S/C25H22N2O.C3H6O2/c1-17-9-3-4-10-19(17)15-23(26)22-16-27(25-14-8-6-12-21(22)25)24-13-7-5-11-20(24)18(2)28;1-2-3(4)5/h3-14,16,26H,15H2,1-2H3;2H2,1H3,(H,4,5). The van der Waals surface area contributed by atoms with Crippen LogP contribution in [0.3, 0.4) is 0 Å². The Kier molecular flexibility index (Phi) is 7.57. The highest BCUT2D eigenvalue weighted by Gasteiger charge is 2.16. The van der Waals surface area contributed by atoms with Crippen LogP contribution in [0.2, 0.25) is 0 Å². The van der Waals surface area contributed by atoms with Crippen LogP contribution in [0, 0.1) is 12.3 Å². The number of carbonyl (C=O) groups is 2. The van der Waals surface area contributed by atoms with Crippen LogP contribution in [0.15, 0.2) is 79.0 Å². The molecule has 3 aromatic carbocycles. The van der Waals surface area contributed by atoms with E-state index in [1.54, 1.807) is 13.8 Å². The van der Waals surface area contributed by atoms with E-state index in [4.69, 9.17) is 10.5 Å². The molecule has 0 saturated carbocycles. The molecule has 0 aliphatic heterocycles. The predicted octanol–water partition coefficient (Wildman–Crippen LogP) is 6.23. The Balaban J connectivity index is 0.000000555. The highest BCUT2D eigenvalue weighted by Crippen LogP contribution is 2.28. The quantitative estimate of drug-likeness (QED) is 0.275. The third-order valence-corrected chi connectivity index (χ3v) is 5.51. The van der Waals surface area contributed by atoms with Crippen LogP contribution in [0.4, 0.5) is 0 Å². The molecule has 33 heavy (non-hydrogen) atoms. The fraction of sp³-hybridized carbons (Fsp3) is 0.179. The summed E-state index contributed by atoms with van der Waals surface area (Å²) in [5, 5.41) is 17.5. The maximum absolute atomic E-state index is 12.1. The van der Waals surface area contributed by atoms with Gasteiger partial charge in [0.15, 0.2) is 5.78 Å². The lowest BCUT2D eigenvalue weighted by Gasteiger charge is -2.09. The number of carbonyl (C=O) groups excluding carboxylic acids is 1. The van der Waals surface area contributed by atoms with E-state index in [2.05, 4.69) is 19.1 Å². The van der Waals surface area contributed by atoms with Crippen molar-refractivity contribution in [3.8, 4) is 5.69 Å². The molecule has 0 spiro atoms. The SMILES string of the molecule is CC(=O)c1ccccc1-n1cc(C(=N)Cc2ccccc2C)c2ccccc21.CCC(=O)O. The molecule has 1 heterocycles. The molecule has 0 amide bonds. The molecule has 0 saturated heterocycles. The van der Waals surface area contributed by atoms with Crippen LogP contribution in [0.1, 0.15) is 47.3 Å². The molecule has 0 unspecified atom stereocenters. The van der Waals surface area contributed by atoms with Crippen molar-refractivity contribution in [3.05, 3.63) is 101 Å². The summed E-state index contributed by atoms with van der Waals surface area (Å²) in [6, 6.07) is 23.9. The molecule has 0 bridgehead atoms. The van der Waals surface area contributed by atoms with Crippen molar-refractivity contribution in [2.45, 2.75) is 33.6 Å². The van der Waals surface area contributed by atoms with Gasteiger partial charge in [-0.05, 0) is 43.2 Å². The summed E-state index contributed by atoms with van der Waals surface area (Å²) in [6.45, 7) is 5.27. The van der Waals surface area contributed by atoms with E-state index >= 15 is 0 Å². The number of aryl methyl sites for hydroxylation is 1. The van der Waals surface area contributed by atoms with Crippen LogP contribution < -0.4 is 0 Å². The highest BCUT2D eigenvalue weighted by atomic mass is 16.4. The van der Waals surface area contributed by atoms with E-state index in [-0.39, 0.29) is 12.2 Å². The number of carboxylic acid groups (broad SMARTS) is 1. The average Bonchev–Trinajstić information content (AvgIpc) is 3.20. The first-order valence-corrected chi connectivity index (χ1v) is 10.9. The number of ketones is 1. The van der Waals surface area contributed by atoms with Crippen molar-refractivity contribution in [2.24, 2.45) is 0 Å². The Morgan fingerprint density at radius 2 is 1.52 bits per heavy atom. The van der Waals surface area contributed by atoms with Gasteiger partial charge in [-0.2, -0.15) is 0 Å². The molecule has 0 aliphatic carbocycles. The summed E-state index contributed by atoms with van der Waals surface area (Å²) in [5.74, 6) is -0.713. The normalized spacial score (nSPS) is 10.4. The minimum absolute atomic E-state index is 0.0323. The first-order chi connectivity index (χ1) is 15.8. The molecular formula is C28H28N2O3. The topological polar surface area (TPSA) is 83.2 Å². The number of carboxylic acids is 1. The molecule has 4 aromatic rings. The van der Waals surface area contributed by atoms with Gasteiger partial charge in [0.25, 0.3) is 0 Å². The molecule has 0 aliphatic rings. The zero-order valence-electron chi connectivity index (χ0n) is 19.1. The molecule has 0 radical (unpaired) electrons. The molecule has 0 fully saturated rings. The highest BCUT2D eigenvalue weighted by molar-refractivity contribution is 6.11. The number of Topliss-reactive ketones (excluding diaryl/α,β-unsaturated/α-hetero) is 1. The molecule has 5 heteroatoms. The van der Waals surface area contributed by atoms with Crippen molar-refractivity contribution >= 4 is 28.4 Å². The monoisotopic (exact) mass is 440 g/mol. The van der Waals surface area contributed by atoms with Crippen molar-refractivity contribution in [1.29, 1.82) is 5.41 Å². The first kappa shape index (κ1) is 23.7. The number of rotatable bonds is 6. The number of hydrogen-bond acceptors (Lipinski definition) is 3. The Hall–Kier alpha value is -3.99. The van der Waals surface area contributed by atoms with Gasteiger partial charge in [-0.25, -0.2) is 0 Å². The van der Waals surface area contributed by atoms with Crippen LogP contribution in [-0.4, -0.2) is 27.1 Å². The van der Waals surface area contributed by atoms with Crippen molar-refractivity contribution in [1.82, 2.24) is 4.57 Å². The zero-order valence-corrected chi connectivity index (χ0v) is 19.1. The average molecular weight is 441 g/mol. The Bertz CT molecular complexity index is 1320. The second-order valence-corrected chi connectivity index (χ2v) is 7.83. The number of para-hydroxylation sites is 2. The van der Waals surface area contributed by atoms with Gasteiger partial charge >= 0.3 is 5.97 Å². The van der Waals surface area contributed by atoms with Gasteiger partial charge < -0.3 is 15.1 Å². The van der Waals surface area contributed by atoms with Crippen LogP contribution >= 0.6 is 0 Å². The molecule has 1 aromatic heterocycles. The van der Waals surface area contributed by atoms with E-state index in [9.17, 15) is 9.59 Å². The van der Waals surface area contributed by atoms with Gasteiger partial charge in [-0.1, -0.05) is 61.5 Å². The molecule has 4 rings (SSSR count). The van der Waals surface area contributed by atoms with E-state index in [1.165, 1.54) is 5.56 Å². The van der Waals surface area contributed by atoms with Crippen LogP contribution in [0.25, 0.3) is 16.6 Å². The summed E-state index contributed by atoms with van der Waals surface area (Å²) >= 11 is 0. The Labute approximate surface area is 193 Å². The number of nitrogens with zero attached hydrogens (tertiary/aromatic N) is 1. The third kappa shape index (κ3) is 5.44. The molecule has 168 valence electrons. The van der Waals surface area contributed by atoms with E-state index in [1.807, 2.05) is 71.4 Å². The summed E-state index contributed by atoms with van der Waals surface area (Å²) in [4.78, 5) is 21.5. The van der Waals surface area contributed by atoms with E-state index in [0.717, 1.165) is 27.7 Å². The number of nitrogens with one attached hydrogen (secondary N) is 1. The van der Waals surface area contributed by atoms with Gasteiger partial charge in [-0.3, -0.25) is 9.59 Å². The third-order valence-electron chi connectivity index (χ3n) is 5.51. The lowest BCUT2D eigenvalue weighted by molar-refractivity contribution is -0.136. The number of aliphatic carboxylic acids is 1. The van der Waals surface area contributed by atoms with E-state index < -0.39 is 5.97 Å². The van der Waals surface area contributed by atoms with Gasteiger partial charge in [0.2, 0.25) is 0 Å². The summed E-state index contributed by atoms with van der Waals surface area (Å²) < 4.78 is 2.04. The number of benzene rings is 3. The molecule has 5 nitrogen and oxygen atoms in total. The molecule has 2 N–H and O–H groups in total. The maximum Gasteiger partial charge on any atom is 0.303 e. The van der Waals surface area contributed by atoms with Gasteiger partial charge in [0, 0.05) is 41.3 Å². The lowest BCUT2D eigenvalue weighted by Crippen LogP contribution is -2.05. The van der Waals surface area contributed by atoms with Crippen molar-refractivity contribution in [3.63, 3.8) is 0 Å². The smallest absolute Gasteiger partial charge is 0.303 e. The summed E-state index contributed by atoms with van der Waals surface area (Å²) in [6.07, 6.45) is 2.79. The first-order valence-electron chi connectivity index (χ1n) is 10.9. The summed E-state index contributed by atoms with van der Waals surface area (Å²) in [7, 11) is 0. The van der Waals surface area contributed by atoms with Crippen molar-refractivity contribution < 1.29 is 14.7 Å². The van der Waals surface area contributed by atoms with Gasteiger partial charge in [-0.15, -0.1) is 0 Å². The molecule has 0 atom stereocenters. The van der Waals surface area contributed by atoms with Crippen molar-refractivity contribution in [2.75, 3.05) is 0 Å². The Morgan fingerprint density at radius 3 is 2.18 bits per heavy atom. The minimum atomic E-state index is -0.745. The zero-order chi connectivity index (χ0) is 24.0. The second-order valence-electron chi connectivity index (χ2n) is 7.83. The van der Waals surface area contributed by atoms with Gasteiger partial charge in [0.05, 0.1) is 11.2 Å². The fourth-order valence-corrected chi connectivity index (χ4v) is 3.69. The number of hydrogen-bond donors (Lipinski definition) is 2. The van der Waals surface area contributed by atoms with Crippen LogP contribution in [-0.2, 0) is 11.2 Å².